The summed E-state index contributed by atoms with van der Waals surface area (Å²) in [4.78, 5) is 76.5. The van der Waals surface area contributed by atoms with Crippen LogP contribution in [0.25, 0.3) is 0 Å². The summed E-state index contributed by atoms with van der Waals surface area (Å²) in [6.45, 7) is 5.52. The summed E-state index contributed by atoms with van der Waals surface area (Å²) in [6.07, 6.45) is -0.362. The number of Topliss-reactive ketones (excluding diaryl/α,β-unsaturated/α-hetero) is 4. The fraction of sp³-hybridized carbons (Fsp3) is 0.191. The number of carbonyl (C=O) groups is 6. The van der Waals surface area contributed by atoms with Crippen molar-refractivity contribution in [2.24, 2.45) is 0 Å². The average molecular weight is 974 g/mol. The third-order valence-electron chi connectivity index (χ3n) is 10.5. The zero-order valence-corrected chi connectivity index (χ0v) is 38.8. The van der Waals surface area contributed by atoms with Crippen molar-refractivity contribution < 1.29 is 50.0 Å². The van der Waals surface area contributed by atoms with E-state index in [9.17, 15) is 50.0 Å². The van der Waals surface area contributed by atoms with Gasteiger partial charge in [0, 0.05) is 34.4 Å². The summed E-state index contributed by atoms with van der Waals surface area (Å²) in [5.41, 5.74) is 4.74. The second-order valence-electron chi connectivity index (χ2n) is 15.6. The minimum atomic E-state index is -3.85. The molecule has 12 nitrogen and oxygen atoms in total. The van der Waals surface area contributed by atoms with Crippen molar-refractivity contribution in [3.63, 3.8) is 0 Å². The van der Waals surface area contributed by atoms with Crippen molar-refractivity contribution >= 4 is 100 Å². The maximum atomic E-state index is 14.9. The van der Waals surface area contributed by atoms with Gasteiger partial charge in [-0.2, -0.15) is 0 Å². The van der Waals surface area contributed by atoms with Crippen molar-refractivity contribution in [2.75, 3.05) is 22.1 Å². The van der Waals surface area contributed by atoms with Gasteiger partial charge in [-0.25, -0.2) is 21.2 Å². The molecule has 2 unspecified atom stereocenters. The number of fused-ring (bicyclic) bond motifs is 2. The van der Waals surface area contributed by atoms with Crippen LogP contribution in [0.4, 0.5) is 15.8 Å². The van der Waals surface area contributed by atoms with Gasteiger partial charge in [-0.05, 0) is 103 Å². The van der Waals surface area contributed by atoms with Crippen molar-refractivity contribution in [2.45, 2.75) is 53.9 Å². The third-order valence-corrected chi connectivity index (χ3v) is 17.3. The number of rotatable bonds is 12. The molecule has 4 heterocycles. The molecule has 0 saturated heterocycles. The molecule has 4 aromatic carbocycles. The van der Waals surface area contributed by atoms with E-state index in [4.69, 9.17) is 11.6 Å². The SMILES string of the molecule is Cc1ccc2c(c1)NC(=O)C(c1ccc(CC(=O)CS(=O)(=O)c3ccc(C)s3)cc1)C2=O.Cc1ccc2c(c1)NC(=O)C(c1ccc(CC(=O)CS(=O)(=O)c3ccc(Cl)s3)cc1F)C2=O. The summed E-state index contributed by atoms with van der Waals surface area (Å²) in [5.74, 6) is -7.30. The van der Waals surface area contributed by atoms with Crippen LogP contribution in [-0.4, -0.2) is 63.3 Å². The summed E-state index contributed by atoms with van der Waals surface area (Å²) in [7, 11) is -7.51. The molecule has 0 saturated carbocycles. The van der Waals surface area contributed by atoms with E-state index >= 15 is 0 Å². The number of nitrogens with one attached hydrogen (secondary N) is 2. The van der Waals surface area contributed by atoms with Crippen molar-refractivity contribution in [3.05, 3.63) is 163 Å². The fourth-order valence-corrected chi connectivity index (χ4v) is 12.8. The molecule has 2 amide bonds. The van der Waals surface area contributed by atoms with Crippen LogP contribution in [0.2, 0.25) is 4.34 Å². The Labute approximate surface area is 386 Å². The van der Waals surface area contributed by atoms with Gasteiger partial charge in [0.25, 0.3) is 0 Å². The van der Waals surface area contributed by atoms with Crippen LogP contribution >= 0.6 is 34.3 Å². The fourth-order valence-electron chi connectivity index (χ4n) is 7.41. The third kappa shape index (κ3) is 10.6. The van der Waals surface area contributed by atoms with Crippen LogP contribution in [0, 0.1) is 26.6 Å². The molecule has 8 rings (SSSR count). The molecule has 18 heteroatoms. The van der Waals surface area contributed by atoms with Crippen molar-refractivity contribution in [1.29, 1.82) is 0 Å². The maximum Gasteiger partial charge on any atom is 0.239 e. The highest BCUT2D eigenvalue weighted by Crippen LogP contribution is 2.35. The van der Waals surface area contributed by atoms with E-state index < -0.39 is 78.0 Å². The normalized spacial score (nSPS) is 15.8. The molecule has 2 aromatic heterocycles. The molecule has 2 aliphatic heterocycles. The van der Waals surface area contributed by atoms with Gasteiger partial charge in [-0.1, -0.05) is 60.1 Å². The number of thiophene rings is 2. The summed E-state index contributed by atoms with van der Waals surface area (Å²) < 4.78 is 64.9. The number of ketones is 4. The minimum absolute atomic E-state index is 0.0142. The zero-order valence-electron chi connectivity index (χ0n) is 34.8. The van der Waals surface area contributed by atoms with E-state index in [1.165, 1.54) is 30.3 Å². The smallest absolute Gasteiger partial charge is 0.239 e. The average Bonchev–Trinajstić information content (AvgIpc) is 3.88. The van der Waals surface area contributed by atoms with Crippen LogP contribution in [0.1, 0.15) is 70.8 Å². The van der Waals surface area contributed by atoms with Gasteiger partial charge < -0.3 is 10.6 Å². The second kappa shape index (κ2) is 18.9. The van der Waals surface area contributed by atoms with Crippen LogP contribution in [0.3, 0.4) is 0 Å². The number of halogens is 2. The van der Waals surface area contributed by atoms with Gasteiger partial charge in [-0.15, -0.1) is 22.7 Å². The number of hydrogen-bond acceptors (Lipinski definition) is 12. The quantitative estimate of drug-likeness (QED) is 0.113. The highest BCUT2D eigenvalue weighted by atomic mass is 35.5. The number of benzene rings is 4. The van der Waals surface area contributed by atoms with Gasteiger partial charge in [0.2, 0.25) is 11.8 Å². The molecular weight excluding hydrogens is 935 g/mol. The molecule has 2 atom stereocenters. The zero-order chi connectivity index (χ0) is 47.0. The van der Waals surface area contributed by atoms with Crippen LogP contribution in [0.15, 0.2) is 112 Å². The lowest BCUT2D eigenvalue weighted by Gasteiger charge is -2.24. The molecule has 6 aromatic rings. The lowest BCUT2D eigenvalue weighted by molar-refractivity contribution is -0.117. The molecule has 334 valence electrons. The first kappa shape index (κ1) is 47.0. The summed E-state index contributed by atoms with van der Waals surface area (Å²) in [6, 6.07) is 26.6. The molecular formula is C47H38ClFN2O10S4. The van der Waals surface area contributed by atoms with E-state index in [1.807, 2.05) is 26.8 Å². The van der Waals surface area contributed by atoms with Crippen LogP contribution in [-0.2, 0) is 51.7 Å². The molecule has 2 aliphatic rings. The Morgan fingerprint density at radius 3 is 1.60 bits per heavy atom. The predicted octanol–water partition coefficient (Wildman–Crippen LogP) is 8.22. The number of carbonyl (C=O) groups excluding carboxylic acids is 6. The van der Waals surface area contributed by atoms with E-state index in [0.29, 0.717) is 33.6 Å². The molecule has 0 spiro atoms. The summed E-state index contributed by atoms with van der Waals surface area (Å²) in [5, 5.41) is 5.43. The van der Waals surface area contributed by atoms with Gasteiger partial charge in [-0.3, -0.25) is 28.8 Å². The second-order valence-corrected chi connectivity index (χ2v) is 23.1. The lowest BCUT2D eigenvalue weighted by Crippen LogP contribution is -2.34. The highest BCUT2D eigenvalue weighted by molar-refractivity contribution is 7.94. The van der Waals surface area contributed by atoms with E-state index in [2.05, 4.69) is 10.6 Å². The molecule has 65 heavy (non-hydrogen) atoms. The Morgan fingerprint density at radius 1 is 0.600 bits per heavy atom. The first-order chi connectivity index (χ1) is 30.7. The van der Waals surface area contributed by atoms with Gasteiger partial charge >= 0.3 is 0 Å². The number of amides is 2. The standard InChI is InChI=1S/C24H21NO5S2.C23H17ClFNO5S2/c1-14-3-9-19-20(11-14)25-24(28)22(23(19)27)17-7-5-16(6-8-17)12-18(26)13-32(29,30)21-10-4-15(2)31-21;1-12-2-4-16-18(8-12)26-23(29)21(22(16)28)15-5-3-13(10-17(15)25)9-14(27)11-33(30,31)20-7-6-19(24)32-20/h3-11,22H,12-13H2,1-2H3,(H,25,28);2-8,10,21H,9,11H2,1H3,(H,26,29). The van der Waals surface area contributed by atoms with Crippen molar-refractivity contribution in [3.8, 4) is 0 Å². The highest BCUT2D eigenvalue weighted by Gasteiger charge is 2.38. The molecule has 2 N–H and O–H groups in total. The molecule has 0 aliphatic carbocycles. The van der Waals surface area contributed by atoms with Crippen LogP contribution < -0.4 is 10.6 Å². The largest absolute Gasteiger partial charge is 0.324 e. The van der Waals surface area contributed by atoms with E-state index in [-0.39, 0.29) is 42.5 Å². The monoisotopic (exact) mass is 972 g/mol. The minimum Gasteiger partial charge on any atom is -0.324 e. The maximum absolute atomic E-state index is 14.9. The van der Waals surface area contributed by atoms with Gasteiger partial charge in [0.1, 0.15) is 37.6 Å². The first-order valence-corrected chi connectivity index (χ1v) is 25.1. The Bertz CT molecular complexity index is 3180. The Balaban J connectivity index is 0.000000194. The molecule has 0 bridgehead atoms. The molecule has 0 fully saturated rings. The lowest BCUT2D eigenvalue weighted by atomic mass is 9.85. The van der Waals surface area contributed by atoms with Gasteiger partial charge in [0.15, 0.2) is 42.8 Å². The first-order valence-electron chi connectivity index (χ1n) is 19.8. The molecule has 0 radical (unpaired) electrons. The Hall–Kier alpha value is -5.98. The van der Waals surface area contributed by atoms with Crippen molar-refractivity contribution in [1.82, 2.24) is 0 Å². The van der Waals surface area contributed by atoms with E-state index in [1.54, 1.807) is 60.7 Å². The topological polar surface area (TPSA) is 195 Å². The number of anilines is 2. The number of aryl methyl sites for hydroxylation is 3. The predicted molar refractivity (Wildman–Crippen MR) is 247 cm³/mol. The Kier molecular flexibility index (Phi) is 13.6. The number of hydrogen-bond donors (Lipinski definition) is 2. The van der Waals surface area contributed by atoms with E-state index in [0.717, 1.165) is 44.7 Å². The number of sulfone groups is 2. The summed E-state index contributed by atoms with van der Waals surface area (Å²) >= 11 is 7.76. The van der Waals surface area contributed by atoms with Gasteiger partial charge in [0.05, 0.1) is 15.7 Å². The van der Waals surface area contributed by atoms with Crippen LogP contribution in [0.5, 0.6) is 0 Å². The Morgan fingerprint density at radius 2 is 1.09 bits per heavy atom.